The van der Waals surface area contributed by atoms with Crippen molar-refractivity contribution in [3.63, 3.8) is 0 Å². The lowest BCUT2D eigenvalue weighted by Gasteiger charge is -2.37. The molecule has 2 aromatic carbocycles. The second-order valence-corrected chi connectivity index (χ2v) is 10.5. The fourth-order valence-corrected chi connectivity index (χ4v) is 4.11. The Morgan fingerprint density at radius 2 is 1.20 bits per heavy atom. The maximum atomic E-state index is 3.74. The first kappa shape index (κ1) is 18.0. The van der Waals surface area contributed by atoms with Gasteiger partial charge in [-0.15, -0.1) is 0 Å². The van der Waals surface area contributed by atoms with Crippen LogP contribution in [0, 0.1) is 0 Å². The molecule has 3 rings (SSSR count). The van der Waals surface area contributed by atoms with E-state index in [1.54, 1.807) is 0 Å². The number of H-pyrrole nitrogens is 1. The summed E-state index contributed by atoms with van der Waals surface area (Å²) in [6, 6.07) is 11.1. The zero-order chi connectivity index (χ0) is 18.8. The average Bonchev–Trinajstić information content (AvgIpc) is 2.80. The van der Waals surface area contributed by atoms with Crippen LogP contribution in [0.15, 0.2) is 30.3 Å². The number of hydrogen-bond acceptors (Lipinski definition) is 0. The molecule has 1 heterocycles. The van der Waals surface area contributed by atoms with Crippen molar-refractivity contribution in [1.29, 1.82) is 0 Å². The van der Waals surface area contributed by atoms with Crippen molar-refractivity contribution in [2.24, 2.45) is 0 Å². The van der Waals surface area contributed by atoms with Crippen molar-refractivity contribution in [2.45, 2.75) is 78.6 Å². The lowest BCUT2D eigenvalue weighted by Crippen LogP contribution is -2.28. The molecule has 0 aliphatic heterocycles. The third-order valence-electron chi connectivity index (χ3n) is 5.11. The maximum Gasteiger partial charge on any atom is 0.0505 e. The summed E-state index contributed by atoms with van der Waals surface area (Å²) in [5.74, 6) is 0. The average molecular weight is 336 g/mol. The number of rotatable bonds is 0. The molecule has 0 atom stereocenters. The van der Waals surface area contributed by atoms with Crippen LogP contribution < -0.4 is 0 Å². The summed E-state index contributed by atoms with van der Waals surface area (Å²) in [6.45, 7) is 21.1. The third kappa shape index (κ3) is 2.99. The predicted molar refractivity (Wildman–Crippen MR) is 112 cm³/mol. The maximum absolute atomic E-state index is 3.74. The third-order valence-corrected chi connectivity index (χ3v) is 5.11. The first-order chi connectivity index (χ1) is 11.3. The van der Waals surface area contributed by atoms with E-state index in [2.05, 4.69) is 97.6 Å². The number of fused-ring (bicyclic) bond motifs is 3. The van der Waals surface area contributed by atoms with E-state index in [-0.39, 0.29) is 16.2 Å². The Balaban J connectivity index is 2.64. The van der Waals surface area contributed by atoms with Gasteiger partial charge in [0.05, 0.1) is 5.52 Å². The van der Waals surface area contributed by atoms with Crippen LogP contribution in [0.4, 0.5) is 0 Å². The van der Waals surface area contributed by atoms with E-state index in [4.69, 9.17) is 0 Å². The topological polar surface area (TPSA) is 15.8 Å². The van der Waals surface area contributed by atoms with Crippen LogP contribution in [0.1, 0.15) is 79.0 Å². The molecule has 0 amide bonds. The standard InChI is InChI=1S/C24H33N/c1-22(2,3)17-14-16-15-12-10-11-13-18(15)25-21(16)20(24(7,8)9)19(17)23(4,5)6/h10-14,25H,1-9H3. The van der Waals surface area contributed by atoms with Gasteiger partial charge in [-0.2, -0.15) is 0 Å². The summed E-state index contributed by atoms with van der Waals surface area (Å²) in [6.07, 6.45) is 0. The van der Waals surface area contributed by atoms with E-state index < -0.39 is 0 Å². The highest BCUT2D eigenvalue weighted by Crippen LogP contribution is 2.45. The molecule has 25 heavy (non-hydrogen) atoms. The Morgan fingerprint density at radius 1 is 0.640 bits per heavy atom. The molecule has 0 aliphatic rings. The van der Waals surface area contributed by atoms with Crippen molar-refractivity contribution in [1.82, 2.24) is 4.98 Å². The molecule has 0 saturated carbocycles. The SMILES string of the molecule is CC(C)(C)c1cc2c([nH]c3ccccc32)c(C(C)(C)C)c1C(C)(C)C. The highest BCUT2D eigenvalue weighted by Gasteiger charge is 2.34. The fourth-order valence-electron chi connectivity index (χ4n) is 4.11. The molecule has 1 heteroatoms. The second kappa shape index (κ2) is 5.37. The molecule has 1 N–H and O–H groups in total. The van der Waals surface area contributed by atoms with Crippen LogP contribution in [0.5, 0.6) is 0 Å². The Kier molecular flexibility index (Phi) is 3.87. The lowest BCUT2D eigenvalue weighted by molar-refractivity contribution is 0.501. The highest BCUT2D eigenvalue weighted by atomic mass is 14.7. The van der Waals surface area contributed by atoms with Gasteiger partial charge in [-0.1, -0.05) is 80.5 Å². The Bertz CT molecular complexity index is 935. The lowest BCUT2D eigenvalue weighted by atomic mass is 9.68. The molecule has 0 spiro atoms. The van der Waals surface area contributed by atoms with E-state index >= 15 is 0 Å². The fraction of sp³-hybridized carbons (Fsp3) is 0.500. The van der Waals surface area contributed by atoms with E-state index in [0.717, 1.165) is 0 Å². The van der Waals surface area contributed by atoms with Crippen molar-refractivity contribution in [2.75, 3.05) is 0 Å². The monoisotopic (exact) mass is 335 g/mol. The summed E-state index contributed by atoms with van der Waals surface area (Å²) in [4.78, 5) is 3.74. The van der Waals surface area contributed by atoms with Crippen LogP contribution >= 0.6 is 0 Å². The van der Waals surface area contributed by atoms with Gasteiger partial charge in [-0.05, 0) is 45.1 Å². The number of aromatic nitrogens is 1. The van der Waals surface area contributed by atoms with Gasteiger partial charge in [-0.25, -0.2) is 0 Å². The van der Waals surface area contributed by atoms with Crippen molar-refractivity contribution in [3.8, 4) is 0 Å². The quantitative estimate of drug-likeness (QED) is 0.446. The normalized spacial score (nSPS) is 13.8. The summed E-state index contributed by atoms with van der Waals surface area (Å²) in [5, 5.41) is 2.69. The molecule has 0 radical (unpaired) electrons. The molecular weight excluding hydrogens is 302 g/mol. The van der Waals surface area contributed by atoms with Gasteiger partial charge in [0.2, 0.25) is 0 Å². The minimum atomic E-state index is 0.0724. The molecule has 0 fully saturated rings. The first-order valence-corrected chi connectivity index (χ1v) is 9.40. The first-order valence-electron chi connectivity index (χ1n) is 9.40. The molecule has 0 saturated heterocycles. The summed E-state index contributed by atoms with van der Waals surface area (Å²) in [7, 11) is 0. The second-order valence-electron chi connectivity index (χ2n) is 10.5. The summed E-state index contributed by atoms with van der Waals surface area (Å²) in [5.41, 5.74) is 7.27. The number of nitrogens with one attached hydrogen (secondary N) is 1. The minimum absolute atomic E-state index is 0.0724. The van der Waals surface area contributed by atoms with Gasteiger partial charge in [-0.3, -0.25) is 0 Å². The van der Waals surface area contributed by atoms with Crippen molar-refractivity contribution in [3.05, 3.63) is 47.0 Å². The van der Waals surface area contributed by atoms with E-state index in [1.807, 2.05) is 0 Å². The summed E-state index contributed by atoms with van der Waals surface area (Å²) >= 11 is 0. The predicted octanol–water partition coefficient (Wildman–Crippen LogP) is 7.21. The van der Waals surface area contributed by atoms with Crippen LogP contribution in [0.25, 0.3) is 21.8 Å². The van der Waals surface area contributed by atoms with E-state index in [1.165, 1.54) is 38.5 Å². The van der Waals surface area contributed by atoms with Crippen LogP contribution in [-0.2, 0) is 16.2 Å². The van der Waals surface area contributed by atoms with Gasteiger partial charge in [0.1, 0.15) is 0 Å². The van der Waals surface area contributed by atoms with Crippen LogP contribution in [0.2, 0.25) is 0 Å². The molecule has 0 unspecified atom stereocenters. The molecule has 3 aromatic rings. The largest absolute Gasteiger partial charge is 0.354 e. The van der Waals surface area contributed by atoms with E-state index in [9.17, 15) is 0 Å². The van der Waals surface area contributed by atoms with Crippen molar-refractivity contribution < 1.29 is 0 Å². The van der Waals surface area contributed by atoms with Crippen LogP contribution in [0.3, 0.4) is 0 Å². The summed E-state index contributed by atoms with van der Waals surface area (Å²) < 4.78 is 0. The molecule has 0 bridgehead atoms. The molecule has 134 valence electrons. The molecule has 0 aliphatic carbocycles. The van der Waals surface area contributed by atoms with Gasteiger partial charge in [0, 0.05) is 16.3 Å². The zero-order valence-corrected chi connectivity index (χ0v) is 17.4. The Morgan fingerprint density at radius 3 is 1.72 bits per heavy atom. The number of hydrogen-bond donors (Lipinski definition) is 1. The number of benzene rings is 2. The van der Waals surface area contributed by atoms with Crippen LogP contribution in [-0.4, -0.2) is 4.98 Å². The van der Waals surface area contributed by atoms with Gasteiger partial charge in [0.15, 0.2) is 0 Å². The smallest absolute Gasteiger partial charge is 0.0505 e. The van der Waals surface area contributed by atoms with Gasteiger partial charge in [0.25, 0.3) is 0 Å². The highest BCUT2D eigenvalue weighted by molar-refractivity contribution is 6.09. The number of para-hydroxylation sites is 1. The minimum Gasteiger partial charge on any atom is -0.354 e. The molecule has 1 nitrogen and oxygen atoms in total. The Labute approximate surface area is 152 Å². The Hall–Kier alpha value is -1.76. The molecular formula is C24H33N. The number of aromatic amines is 1. The molecule has 1 aromatic heterocycles. The zero-order valence-electron chi connectivity index (χ0n) is 17.4. The van der Waals surface area contributed by atoms with Gasteiger partial charge < -0.3 is 4.98 Å². The van der Waals surface area contributed by atoms with Gasteiger partial charge >= 0.3 is 0 Å². The van der Waals surface area contributed by atoms with E-state index in [0.29, 0.717) is 0 Å². The van der Waals surface area contributed by atoms with Crippen molar-refractivity contribution >= 4 is 21.8 Å².